The van der Waals surface area contributed by atoms with Gasteiger partial charge >= 0.3 is 12.3 Å². The van der Waals surface area contributed by atoms with Crippen molar-refractivity contribution in [1.82, 2.24) is 14.7 Å². The molecular weight excluding hydrogens is 658 g/mol. The van der Waals surface area contributed by atoms with Crippen molar-refractivity contribution < 1.29 is 27.5 Å². The second-order valence-corrected chi connectivity index (χ2v) is 13.7. The highest BCUT2D eigenvalue weighted by atomic mass is 79.9. The third-order valence-electron chi connectivity index (χ3n) is 7.90. The summed E-state index contributed by atoms with van der Waals surface area (Å²) in [6.45, 7) is 8.02. The third kappa shape index (κ3) is 7.92. The van der Waals surface area contributed by atoms with Crippen LogP contribution in [0.15, 0.2) is 40.9 Å². The molecule has 2 fully saturated rings. The molecule has 6 nitrogen and oxygen atoms in total. The van der Waals surface area contributed by atoms with Crippen molar-refractivity contribution in [3.8, 4) is 0 Å². The number of hydrogen-bond acceptors (Lipinski definition) is 4. The summed E-state index contributed by atoms with van der Waals surface area (Å²) in [6, 6.07) is 8.62. The molecule has 2 aliphatic rings. The number of amides is 2. The van der Waals surface area contributed by atoms with E-state index in [1.165, 1.54) is 6.07 Å². The number of likely N-dealkylation sites (N-methyl/N-ethyl adjacent to an activating group) is 1. The Labute approximate surface area is 263 Å². The van der Waals surface area contributed by atoms with E-state index in [-0.39, 0.29) is 34.1 Å². The Kier molecular flexibility index (Phi) is 10.1. The van der Waals surface area contributed by atoms with Crippen LogP contribution in [-0.4, -0.2) is 77.6 Å². The second kappa shape index (κ2) is 12.9. The molecule has 0 aromatic heterocycles. The van der Waals surface area contributed by atoms with Gasteiger partial charge in [-0.1, -0.05) is 45.2 Å². The number of benzene rings is 2. The van der Waals surface area contributed by atoms with E-state index in [9.17, 15) is 22.8 Å². The summed E-state index contributed by atoms with van der Waals surface area (Å²) in [7, 11) is 1.64. The van der Waals surface area contributed by atoms with Crippen molar-refractivity contribution in [2.24, 2.45) is 0 Å². The summed E-state index contributed by atoms with van der Waals surface area (Å²) in [5, 5.41) is 0.809. The average molecular weight is 693 g/mol. The predicted molar refractivity (Wildman–Crippen MR) is 161 cm³/mol. The number of carbonyl (C=O) groups excluding carboxylic acids is 2. The van der Waals surface area contributed by atoms with Gasteiger partial charge in [-0.15, -0.1) is 0 Å². The van der Waals surface area contributed by atoms with E-state index in [2.05, 4.69) is 20.8 Å². The largest absolute Gasteiger partial charge is 0.444 e. The zero-order valence-corrected chi connectivity index (χ0v) is 27.1. The van der Waals surface area contributed by atoms with E-state index in [4.69, 9.17) is 27.9 Å². The summed E-state index contributed by atoms with van der Waals surface area (Å²) >= 11 is 15.7. The first-order valence-corrected chi connectivity index (χ1v) is 15.4. The molecule has 2 aliphatic heterocycles. The van der Waals surface area contributed by atoms with Crippen molar-refractivity contribution in [2.45, 2.75) is 69.8 Å². The average Bonchev–Trinajstić information content (AvgIpc) is 2.92. The topological polar surface area (TPSA) is 53.1 Å². The number of ether oxygens (including phenoxy) is 1. The minimum atomic E-state index is -4.58. The van der Waals surface area contributed by atoms with Crippen LogP contribution in [0.2, 0.25) is 10.0 Å². The van der Waals surface area contributed by atoms with Crippen LogP contribution in [0.5, 0.6) is 0 Å². The van der Waals surface area contributed by atoms with Gasteiger partial charge in [0.05, 0.1) is 15.6 Å². The van der Waals surface area contributed by atoms with E-state index in [1.807, 2.05) is 26.8 Å². The van der Waals surface area contributed by atoms with Crippen LogP contribution in [0.4, 0.5) is 18.0 Å². The second-order valence-electron chi connectivity index (χ2n) is 12.0. The molecular formula is C30H35BrCl2F3N3O3. The summed E-state index contributed by atoms with van der Waals surface area (Å²) in [4.78, 5) is 31.8. The normalized spacial score (nSPS) is 20.9. The molecule has 4 rings (SSSR count). The fourth-order valence-electron chi connectivity index (χ4n) is 5.80. The molecule has 2 aromatic rings. The molecule has 42 heavy (non-hydrogen) atoms. The molecule has 2 heterocycles. The molecule has 0 radical (unpaired) electrons. The Bertz CT molecular complexity index is 1310. The highest BCUT2D eigenvalue weighted by molar-refractivity contribution is 9.10. The lowest BCUT2D eigenvalue weighted by Gasteiger charge is -2.47. The molecule has 2 atom stereocenters. The molecule has 0 saturated carbocycles. The van der Waals surface area contributed by atoms with Gasteiger partial charge in [0.15, 0.2) is 0 Å². The maximum atomic E-state index is 13.6. The van der Waals surface area contributed by atoms with Crippen LogP contribution in [0.3, 0.4) is 0 Å². The number of halogens is 6. The number of alkyl halides is 3. The monoisotopic (exact) mass is 691 g/mol. The Morgan fingerprint density at radius 3 is 2.24 bits per heavy atom. The van der Waals surface area contributed by atoms with E-state index >= 15 is 0 Å². The van der Waals surface area contributed by atoms with Gasteiger partial charge in [0.1, 0.15) is 5.60 Å². The van der Waals surface area contributed by atoms with Crippen molar-refractivity contribution in [2.75, 3.05) is 33.2 Å². The van der Waals surface area contributed by atoms with Crippen molar-refractivity contribution >= 4 is 51.1 Å². The number of nitrogens with zero attached hydrogens (tertiary/aromatic N) is 3. The molecule has 230 valence electrons. The number of rotatable bonds is 4. The number of likely N-dealkylation sites (tertiary alicyclic amines) is 2. The molecule has 2 amide bonds. The lowest BCUT2D eigenvalue weighted by molar-refractivity contribution is -0.137. The smallest absolute Gasteiger partial charge is 0.416 e. The van der Waals surface area contributed by atoms with Crippen LogP contribution in [0, 0.1) is 0 Å². The Morgan fingerprint density at radius 2 is 1.64 bits per heavy atom. The Morgan fingerprint density at radius 1 is 0.976 bits per heavy atom. The van der Waals surface area contributed by atoms with Crippen molar-refractivity contribution in [1.29, 1.82) is 0 Å². The number of hydrogen-bond donors (Lipinski definition) is 0. The molecule has 0 aliphatic carbocycles. The lowest BCUT2D eigenvalue weighted by Crippen LogP contribution is -2.55. The molecule has 0 N–H and O–H groups in total. The Hall–Kier alpha value is -2.01. The van der Waals surface area contributed by atoms with Gasteiger partial charge in [0.2, 0.25) is 0 Å². The first-order chi connectivity index (χ1) is 19.5. The summed E-state index contributed by atoms with van der Waals surface area (Å²) in [5.41, 5.74) is -0.586. The third-order valence-corrected chi connectivity index (χ3v) is 9.10. The molecule has 0 bridgehead atoms. The molecule has 2 aromatic carbocycles. The summed E-state index contributed by atoms with van der Waals surface area (Å²) in [6.07, 6.45) is -2.71. The predicted octanol–water partition coefficient (Wildman–Crippen LogP) is 8.10. The van der Waals surface area contributed by atoms with E-state index in [0.29, 0.717) is 42.6 Å². The van der Waals surface area contributed by atoms with Crippen molar-refractivity contribution in [3.05, 3.63) is 67.6 Å². The SMILES string of the molecule is CN(C(=O)c1cc(Br)cc(C(F)(F)F)c1)[C@@H]1CCN(C2CCN(C(=O)OC(C)(C)C)CC2)C[C@H]1c1ccc(Cl)c(Cl)c1. The first-order valence-electron chi connectivity index (χ1n) is 13.9. The van der Waals surface area contributed by atoms with Crippen LogP contribution in [0.25, 0.3) is 0 Å². The van der Waals surface area contributed by atoms with E-state index < -0.39 is 23.2 Å². The van der Waals surface area contributed by atoms with Crippen LogP contribution >= 0.6 is 39.1 Å². The van der Waals surface area contributed by atoms with Crippen LogP contribution in [0.1, 0.15) is 67.4 Å². The number of piperidine rings is 2. The highest BCUT2D eigenvalue weighted by Gasteiger charge is 2.39. The molecule has 2 saturated heterocycles. The quantitative estimate of drug-likeness (QED) is 0.325. The lowest BCUT2D eigenvalue weighted by atomic mass is 9.83. The molecule has 0 spiro atoms. The van der Waals surface area contributed by atoms with Gasteiger partial charge in [-0.25, -0.2) is 4.79 Å². The summed E-state index contributed by atoms with van der Waals surface area (Å²) < 4.78 is 46.2. The van der Waals surface area contributed by atoms with Gasteiger partial charge in [0, 0.05) is 61.3 Å². The van der Waals surface area contributed by atoms with E-state index in [0.717, 1.165) is 30.5 Å². The minimum absolute atomic E-state index is 0.0379. The first kappa shape index (κ1) is 32.9. The zero-order valence-electron chi connectivity index (χ0n) is 24.0. The van der Waals surface area contributed by atoms with Gasteiger partial charge in [-0.2, -0.15) is 13.2 Å². The van der Waals surface area contributed by atoms with Gasteiger partial charge < -0.3 is 14.5 Å². The number of carbonyl (C=O) groups is 2. The van der Waals surface area contributed by atoms with Gasteiger partial charge in [-0.3, -0.25) is 9.69 Å². The maximum Gasteiger partial charge on any atom is 0.416 e. The standard InChI is InChI=1S/C30H35BrCl2F3N3O3/c1-29(2,3)42-28(41)38-10-7-22(8-11-38)39-12-9-26(23(17-39)18-5-6-24(32)25(33)15-18)37(4)27(40)19-13-20(30(34,35)36)16-21(31)14-19/h5-6,13-16,22-23,26H,7-12,17H2,1-4H3/t23-,26+/m0/s1. The fraction of sp³-hybridized carbons (Fsp3) is 0.533. The highest BCUT2D eigenvalue weighted by Crippen LogP contribution is 2.37. The Balaban J connectivity index is 1.54. The van der Waals surface area contributed by atoms with Crippen molar-refractivity contribution in [3.63, 3.8) is 0 Å². The zero-order chi connectivity index (χ0) is 31.0. The maximum absolute atomic E-state index is 13.6. The minimum Gasteiger partial charge on any atom is -0.444 e. The molecule has 12 heteroatoms. The summed E-state index contributed by atoms with van der Waals surface area (Å²) in [5.74, 6) is -0.656. The van der Waals surface area contributed by atoms with Gasteiger partial charge in [-0.05, 0) is 75.9 Å². The van der Waals surface area contributed by atoms with E-state index in [1.54, 1.807) is 29.0 Å². The molecule has 0 unspecified atom stereocenters. The fourth-order valence-corrected chi connectivity index (χ4v) is 6.60. The van der Waals surface area contributed by atoms with Crippen LogP contribution < -0.4 is 0 Å². The van der Waals surface area contributed by atoms with Crippen LogP contribution in [-0.2, 0) is 10.9 Å². The van der Waals surface area contributed by atoms with Gasteiger partial charge in [0.25, 0.3) is 5.91 Å².